The summed E-state index contributed by atoms with van der Waals surface area (Å²) in [6, 6.07) is 9.03. The van der Waals surface area contributed by atoms with Gasteiger partial charge in [-0.05, 0) is 35.4 Å². The molecule has 0 saturated heterocycles. The fourth-order valence-corrected chi connectivity index (χ4v) is 1.95. The molecule has 0 aromatic heterocycles. The summed E-state index contributed by atoms with van der Waals surface area (Å²) in [5.74, 6) is -0.792. The lowest BCUT2D eigenvalue weighted by Crippen LogP contribution is -2.18. The van der Waals surface area contributed by atoms with Crippen molar-refractivity contribution in [1.82, 2.24) is 0 Å². The van der Waals surface area contributed by atoms with E-state index in [9.17, 15) is 26.3 Å². The molecule has 0 heterocycles. The quantitative estimate of drug-likeness (QED) is 0.755. The molecule has 2 rings (SSSR count). The number of halogens is 7. The van der Waals surface area contributed by atoms with Crippen LogP contribution in [0.3, 0.4) is 0 Å². The summed E-state index contributed by atoms with van der Waals surface area (Å²) >= 11 is 0. The van der Waals surface area contributed by atoms with Crippen molar-refractivity contribution in [3.8, 4) is 11.5 Å². The maximum Gasteiger partial charge on any atom is 0.573 e. The fraction of sp³-hybridized carbons (Fsp3) is 0.200. The molecule has 0 atom stereocenters. The third-order valence-electron chi connectivity index (χ3n) is 2.95. The third kappa shape index (κ3) is 6.71. The number of benzene rings is 2. The Morgan fingerprint density at radius 3 is 1.16 bits per heavy atom. The Morgan fingerprint density at radius 2 is 0.920 bits per heavy atom. The Morgan fingerprint density at radius 1 is 0.640 bits per heavy atom. The number of alkyl halides is 6. The van der Waals surface area contributed by atoms with E-state index in [1.54, 1.807) is 0 Å². The molecule has 2 aromatic rings. The van der Waals surface area contributed by atoms with Gasteiger partial charge < -0.3 is 15.2 Å². The number of hydrogen-bond donors (Lipinski definition) is 1. The Hall–Kier alpha value is -2.13. The van der Waals surface area contributed by atoms with Crippen molar-refractivity contribution in [1.29, 1.82) is 0 Å². The van der Waals surface area contributed by atoms with E-state index >= 15 is 0 Å². The largest absolute Gasteiger partial charge is 0.573 e. The van der Waals surface area contributed by atoms with Gasteiger partial charge in [-0.3, -0.25) is 0 Å². The summed E-state index contributed by atoms with van der Waals surface area (Å²) in [5, 5.41) is 0. The zero-order valence-corrected chi connectivity index (χ0v) is 13.1. The van der Waals surface area contributed by atoms with Crippen molar-refractivity contribution in [3.63, 3.8) is 0 Å². The molecular weight excluding hydrogens is 376 g/mol. The van der Waals surface area contributed by atoms with E-state index in [2.05, 4.69) is 9.47 Å². The zero-order chi connectivity index (χ0) is 18.0. The lowest BCUT2D eigenvalue weighted by Gasteiger charge is -2.15. The third-order valence-corrected chi connectivity index (χ3v) is 2.95. The van der Waals surface area contributed by atoms with Crippen molar-refractivity contribution in [2.75, 3.05) is 0 Å². The maximum atomic E-state index is 12.1. The van der Waals surface area contributed by atoms with Crippen LogP contribution in [0.2, 0.25) is 0 Å². The minimum absolute atomic E-state index is 0. The summed E-state index contributed by atoms with van der Waals surface area (Å²) in [5.41, 5.74) is 6.88. The number of hydrogen-bond acceptors (Lipinski definition) is 3. The maximum absolute atomic E-state index is 12.1. The zero-order valence-electron chi connectivity index (χ0n) is 12.3. The van der Waals surface area contributed by atoms with Crippen LogP contribution < -0.4 is 15.2 Å². The molecule has 0 saturated carbocycles. The molecule has 10 heteroatoms. The Balaban J connectivity index is 0.00000312. The van der Waals surface area contributed by atoms with E-state index in [4.69, 9.17) is 5.73 Å². The lowest BCUT2D eigenvalue weighted by atomic mass is 9.99. The summed E-state index contributed by atoms with van der Waals surface area (Å²) in [6.07, 6.45) is -9.59. The van der Waals surface area contributed by atoms with Gasteiger partial charge in [-0.1, -0.05) is 24.3 Å². The monoisotopic (exact) mass is 387 g/mol. The molecule has 138 valence electrons. The standard InChI is InChI=1S/C15H11F6NO2.ClH/c16-14(17,18)23-11-5-1-9(2-6-11)13(22)10-3-7-12(8-4-10)24-15(19,20)21;/h1-8,13H,22H2;1H. The summed E-state index contributed by atoms with van der Waals surface area (Å²) in [7, 11) is 0. The molecule has 0 amide bonds. The first-order valence-electron chi connectivity index (χ1n) is 6.50. The molecule has 0 aliphatic rings. The van der Waals surface area contributed by atoms with Crippen molar-refractivity contribution < 1.29 is 35.8 Å². The van der Waals surface area contributed by atoms with E-state index in [0.29, 0.717) is 11.1 Å². The van der Waals surface area contributed by atoms with Crippen molar-refractivity contribution in [2.45, 2.75) is 18.8 Å². The van der Waals surface area contributed by atoms with Gasteiger partial charge in [0.1, 0.15) is 11.5 Å². The molecule has 2 N–H and O–H groups in total. The molecule has 0 aliphatic carbocycles. The van der Waals surface area contributed by atoms with Gasteiger partial charge in [-0.25, -0.2) is 0 Å². The highest BCUT2D eigenvalue weighted by Gasteiger charge is 2.31. The predicted molar refractivity (Wildman–Crippen MR) is 79.5 cm³/mol. The second-order valence-electron chi connectivity index (χ2n) is 4.71. The first-order valence-corrected chi connectivity index (χ1v) is 6.50. The second-order valence-corrected chi connectivity index (χ2v) is 4.71. The molecule has 2 aromatic carbocycles. The highest BCUT2D eigenvalue weighted by atomic mass is 35.5. The van der Waals surface area contributed by atoms with Crippen molar-refractivity contribution >= 4 is 12.4 Å². The summed E-state index contributed by atoms with van der Waals surface area (Å²) < 4.78 is 80.0. The summed E-state index contributed by atoms with van der Waals surface area (Å²) in [6.45, 7) is 0. The molecule has 25 heavy (non-hydrogen) atoms. The first kappa shape index (κ1) is 20.9. The number of ether oxygens (including phenoxy) is 2. The van der Waals surface area contributed by atoms with Crippen LogP contribution in [-0.2, 0) is 0 Å². The summed E-state index contributed by atoms with van der Waals surface area (Å²) in [4.78, 5) is 0. The molecule has 0 unspecified atom stereocenters. The molecule has 0 fully saturated rings. The van der Waals surface area contributed by atoms with Crippen LogP contribution in [0.1, 0.15) is 17.2 Å². The van der Waals surface area contributed by atoms with Crippen molar-refractivity contribution in [2.24, 2.45) is 5.73 Å². The van der Waals surface area contributed by atoms with Gasteiger partial charge in [0.15, 0.2) is 0 Å². The van der Waals surface area contributed by atoms with E-state index < -0.39 is 30.3 Å². The van der Waals surface area contributed by atoms with E-state index in [0.717, 1.165) is 24.3 Å². The molecule has 0 radical (unpaired) electrons. The normalized spacial score (nSPS) is 11.8. The molecule has 0 aliphatic heterocycles. The highest BCUT2D eigenvalue weighted by molar-refractivity contribution is 5.85. The van der Waals surface area contributed by atoms with Crippen LogP contribution in [0, 0.1) is 0 Å². The van der Waals surface area contributed by atoms with Crippen LogP contribution in [0.5, 0.6) is 11.5 Å². The minimum atomic E-state index is -4.79. The van der Waals surface area contributed by atoms with Gasteiger partial charge in [0, 0.05) is 0 Å². The second kappa shape index (κ2) is 7.83. The van der Waals surface area contributed by atoms with Crippen LogP contribution in [0.4, 0.5) is 26.3 Å². The Kier molecular flexibility index (Phi) is 6.55. The molecule has 0 spiro atoms. The van der Waals surface area contributed by atoms with E-state index in [1.165, 1.54) is 24.3 Å². The SMILES string of the molecule is Cl.NC(c1ccc(OC(F)(F)F)cc1)c1ccc(OC(F)(F)F)cc1. The first-order chi connectivity index (χ1) is 11.0. The smallest absolute Gasteiger partial charge is 0.406 e. The van der Waals surface area contributed by atoms with Gasteiger partial charge in [-0.2, -0.15) is 0 Å². The van der Waals surface area contributed by atoms with Crippen LogP contribution >= 0.6 is 12.4 Å². The van der Waals surface area contributed by atoms with Gasteiger partial charge >= 0.3 is 12.7 Å². The van der Waals surface area contributed by atoms with Crippen LogP contribution in [-0.4, -0.2) is 12.7 Å². The predicted octanol–water partition coefficient (Wildman–Crippen LogP) is 4.95. The fourth-order valence-electron chi connectivity index (χ4n) is 1.95. The van der Waals surface area contributed by atoms with Crippen LogP contribution in [0.15, 0.2) is 48.5 Å². The number of rotatable bonds is 4. The minimum Gasteiger partial charge on any atom is -0.406 e. The van der Waals surface area contributed by atoms with Gasteiger partial charge in [0.2, 0.25) is 0 Å². The molecule has 0 bridgehead atoms. The van der Waals surface area contributed by atoms with Gasteiger partial charge in [-0.15, -0.1) is 38.7 Å². The number of nitrogens with two attached hydrogens (primary N) is 1. The van der Waals surface area contributed by atoms with Gasteiger partial charge in [0.25, 0.3) is 0 Å². The van der Waals surface area contributed by atoms with Crippen LogP contribution in [0.25, 0.3) is 0 Å². The lowest BCUT2D eigenvalue weighted by molar-refractivity contribution is -0.275. The Labute approximate surface area is 144 Å². The molecule has 3 nitrogen and oxygen atoms in total. The topological polar surface area (TPSA) is 44.5 Å². The van der Waals surface area contributed by atoms with Gasteiger partial charge in [0.05, 0.1) is 6.04 Å². The molecular formula is C15H12ClF6NO2. The highest BCUT2D eigenvalue weighted by Crippen LogP contribution is 2.28. The average molecular weight is 388 g/mol. The van der Waals surface area contributed by atoms with E-state index in [-0.39, 0.29) is 12.4 Å². The van der Waals surface area contributed by atoms with E-state index in [1.807, 2.05) is 0 Å². The Bertz CT molecular complexity index is 611. The van der Waals surface area contributed by atoms with Crippen molar-refractivity contribution in [3.05, 3.63) is 59.7 Å². The average Bonchev–Trinajstić information content (AvgIpc) is 2.45.